The van der Waals surface area contributed by atoms with Gasteiger partial charge in [-0.25, -0.2) is 14.4 Å². The lowest BCUT2D eigenvalue weighted by Gasteiger charge is -2.23. The number of nitriles is 1. The number of benzene rings is 1. The van der Waals surface area contributed by atoms with E-state index in [2.05, 4.69) is 36.8 Å². The summed E-state index contributed by atoms with van der Waals surface area (Å²) in [5, 5.41) is 24.5. The van der Waals surface area contributed by atoms with Gasteiger partial charge in [0.2, 0.25) is 5.82 Å². The third-order valence-corrected chi connectivity index (χ3v) is 5.87. The number of aromatic nitrogens is 6. The molecule has 4 rings (SSSR count). The fourth-order valence-electron chi connectivity index (χ4n) is 4.01. The van der Waals surface area contributed by atoms with Crippen molar-refractivity contribution in [3.05, 3.63) is 47.2 Å². The van der Waals surface area contributed by atoms with Crippen molar-refractivity contribution in [1.29, 1.82) is 5.26 Å². The summed E-state index contributed by atoms with van der Waals surface area (Å²) in [6.07, 6.45) is 3.73. The molecule has 1 amide bonds. The van der Waals surface area contributed by atoms with Crippen molar-refractivity contribution in [3.63, 3.8) is 0 Å². The van der Waals surface area contributed by atoms with Crippen LogP contribution in [0.1, 0.15) is 47.6 Å². The third kappa shape index (κ3) is 5.51. The first-order valence-electron chi connectivity index (χ1n) is 11.1. The molecule has 1 aliphatic carbocycles. The molecular formula is C23H25FN8O2. The summed E-state index contributed by atoms with van der Waals surface area (Å²) in [6.45, 7) is 2.49. The molecule has 176 valence electrons. The Labute approximate surface area is 196 Å². The number of rotatable bonds is 7. The zero-order valence-electron chi connectivity index (χ0n) is 19.0. The molecule has 0 atom stereocenters. The van der Waals surface area contributed by atoms with Crippen LogP contribution in [-0.4, -0.2) is 43.2 Å². The maximum atomic E-state index is 13.6. The van der Waals surface area contributed by atoms with E-state index < -0.39 is 11.7 Å². The lowest BCUT2D eigenvalue weighted by atomic mass is 9.83. The van der Waals surface area contributed by atoms with E-state index >= 15 is 0 Å². The predicted octanol–water partition coefficient (Wildman–Crippen LogP) is 2.85. The Morgan fingerprint density at radius 2 is 2.06 bits per heavy atom. The van der Waals surface area contributed by atoms with E-state index in [-0.39, 0.29) is 23.9 Å². The van der Waals surface area contributed by atoms with Crippen LogP contribution in [0.25, 0.3) is 11.5 Å². The molecule has 0 saturated heterocycles. The molecule has 0 radical (unpaired) electrons. The van der Waals surface area contributed by atoms with E-state index in [4.69, 9.17) is 10.00 Å². The van der Waals surface area contributed by atoms with E-state index in [0.29, 0.717) is 35.4 Å². The second-order valence-electron chi connectivity index (χ2n) is 8.35. The minimum Gasteiger partial charge on any atom is -0.494 e. The molecule has 1 fully saturated rings. The largest absolute Gasteiger partial charge is 0.494 e. The van der Waals surface area contributed by atoms with Crippen molar-refractivity contribution in [2.45, 2.75) is 45.7 Å². The number of carbonyl (C=O) groups is 1. The summed E-state index contributed by atoms with van der Waals surface area (Å²) in [6, 6.07) is 8.25. The van der Waals surface area contributed by atoms with Gasteiger partial charge in [-0.05, 0) is 67.5 Å². The van der Waals surface area contributed by atoms with E-state index in [1.54, 1.807) is 17.8 Å². The van der Waals surface area contributed by atoms with Gasteiger partial charge in [0.15, 0.2) is 11.6 Å². The number of ether oxygens (including phenoxy) is 1. The Morgan fingerprint density at radius 1 is 1.26 bits per heavy atom. The summed E-state index contributed by atoms with van der Waals surface area (Å²) in [5.74, 6) is 0.505. The molecule has 1 N–H and O–H groups in total. The normalized spacial score (nSPS) is 17.7. The second kappa shape index (κ2) is 10.3. The molecule has 1 aliphatic rings. The summed E-state index contributed by atoms with van der Waals surface area (Å²) in [7, 11) is 1.38. The van der Waals surface area contributed by atoms with Crippen LogP contribution in [0, 0.1) is 35.9 Å². The molecule has 0 bridgehead atoms. The average Bonchev–Trinajstić information content (AvgIpc) is 3.32. The van der Waals surface area contributed by atoms with Crippen LogP contribution in [0.4, 0.5) is 4.39 Å². The number of carbonyl (C=O) groups excluding carboxylic acids is 1. The van der Waals surface area contributed by atoms with Gasteiger partial charge in [0.05, 0.1) is 19.7 Å². The molecule has 0 spiro atoms. The predicted molar refractivity (Wildman–Crippen MR) is 119 cm³/mol. The number of aryl methyl sites for hydroxylation is 1. The molecule has 10 nitrogen and oxygen atoms in total. The highest BCUT2D eigenvalue weighted by atomic mass is 19.1. The van der Waals surface area contributed by atoms with Crippen LogP contribution in [0.15, 0.2) is 24.3 Å². The number of nitrogens with zero attached hydrogens (tertiary/aromatic N) is 7. The Kier molecular flexibility index (Phi) is 7.06. The van der Waals surface area contributed by atoms with Crippen molar-refractivity contribution in [1.82, 2.24) is 35.5 Å². The number of halogens is 1. The van der Waals surface area contributed by atoms with Crippen molar-refractivity contribution >= 4 is 5.91 Å². The highest BCUT2D eigenvalue weighted by Gasteiger charge is 2.22. The lowest BCUT2D eigenvalue weighted by molar-refractivity contribution is 0.0945. The number of hydrogen-bond acceptors (Lipinski definition) is 8. The van der Waals surface area contributed by atoms with Crippen LogP contribution in [0.3, 0.4) is 0 Å². The van der Waals surface area contributed by atoms with Gasteiger partial charge in [-0.15, -0.1) is 10.2 Å². The molecule has 0 unspecified atom stereocenters. The summed E-state index contributed by atoms with van der Waals surface area (Å²) < 4.78 is 18.6. The van der Waals surface area contributed by atoms with Crippen LogP contribution in [0.5, 0.6) is 5.75 Å². The molecule has 11 heteroatoms. The zero-order chi connectivity index (χ0) is 24.1. The van der Waals surface area contributed by atoms with Gasteiger partial charge < -0.3 is 10.1 Å². The number of tetrazole rings is 1. The maximum Gasteiger partial charge on any atom is 0.270 e. The standard InChI is InChI=1S/C23H25FN8O2/c1-14-27-19(22-29-31-32(30-22)13-16-5-3-15(11-25)4-6-16)10-20(28-14)23(33)26-12-17-7-8-18(24)21(9-17)34-2/h7-10,15-16H,3-6,12-13H2,1-2H3,(H,26,33). The monoisotopic (exact) mass is 464 g/mol. The van der Waals surface area contributed by atoms with Crippen LogP contribution < -0.4 is 10.1 Å². The van der Waals surface area contributed by atoms with E-state index in [0.717, 1.165) is 25.7 Å². The molecule has 2 aromatic heterocycles. The number of methoxy groups -OCH3 is 1. The Morgan fingerprint density at radius 3 is 2.79 bits per heavy atom. The van der Waals surface area contributed by atoms with Crippen LogP contribution in [-0.2, 0) is 13.1 Å². The summed E-state index contributed by atoms with van der Waals surface area (Å²) in [4.78, 5) is 22.8. The van der Waals surface area contributed by atoms with Crippen molar-refractivity contribution in [2.24, 2.45) is 11.8 Å². The SMILES string of the molecule is COc1cc(CNC(=O)c2cc(-c3nnn(CC4CCC(C#N)CC4)n3)nc(C)n2)ccc1F. The average molecular weight is 465 g/mol. The summed E-state index contributed by atoms with van der Waals surface area (Å²) >= 11 is 0. The highest BCUT2D eigenvalue weighted by Crippen LogP contribution is 2.29. The molecular weight excluding hydrogens is 439 g/mol. The minimum absolute atomic E-state index is 0.110. The van der Waals surface area contributed by atoms with Crippen LogP contribution in [0.2, 0.25) is 0 Å². The Balaban J connectivity index is 1.42. The Bertz CT molecular complexity index is 1210. The Hall–Kier alpha value is -3.94. The van der Waals surface area contributed by atoms with Gasteiger partial charge in [-0.2, -0.15) is 10.1 Å². The van der Waals surface area contributed by atoms with Gasteiger partial charge in [-0.1, -0.05) is 6.07 Å². The summed E-state index contributed by atoms with van der Waals surface area (Å²) in [5.41, 5.74) is 1.26. The maximum absolute atomic E-state index is 13.6. The van der Waals surface area contributed by atoms with Gasteiger partial charge in [0, 0.05) is 12.5 Å². The molecule has 1 saturated carbocycles. The van der Waals surface area contributed by atoms with Gasteiger partial charge in [0.25, 0.3) is 5.91 Å². The van der Waals surface area contributed by atoms with E-state index in [1.165, 1.54) is 25.3 Å². The van der Waals surface area contributed by atoms with Crippen molar-refractivity contribution < 1.29 is 13.9 Å². The fourth-order valence-corrected chi connectivity index (χ4v) is 4.01. The molecule has 0 aliphatic heterocycles. The number of hydrogen-bond donors (Lipinski definition) is 1. The third-order valence-electron chi connectivity index (χ3n) is 5.87. The first kappa shape index (κ1) is 23.2. The van der Waals surface area contributed by atoms with E-state index in [9.17, 15) is 9.18 Å². The van der Waals surface area contributed by atoms with Gasteiger partial charge in [-0.3, -0.25) is 4.79 Å². The van der Waals surface area contributed by atoms with E-state index in [1.807, 2.05) is 0 Å². The van der Waals surface area contributed by atoms with Crippen molar-refractivity contribution in [3.8, 4) is 23.3 Å². The number of nitrogens with one attached hydrogen (secondary N) is 1. The quantitative estimate of drug-likeness (QED) is 0.565. The molecule has 3 aromatic rings. The second-order valence-corrected chi connectivity index (χ2v) is 8.35. The number of amides is 1. The topological polar surface area (TPSA) is 132 Å². The lowest BCUT2D eigenvalue weighted by Crippen LogP contribution is -2.24. The van der Waals surface area contributed by atoms with Gasteiger partial charge in [0.1, 0.15) is 17.2 Å². The van der Waals surface area contributed by atoms with Crippen molar-refractivity contribution in [2.75, 3.05) is 7.11 Å². The zero-order valence-corrected chi connectivity index (χ0v) is 19.0. The van der Waals surface area contributed by atoms with Gasteiger partial charge >= 0.3 is 0 Å². The smallest absolute Gasteiger partial charge is 0.270 e. The molecule has 34 heavy (non-hydrogen) atoms. The van der Waals surface area contributed by atoms with Crippen LogP contribution >= 0.6 is 0 Å². The minimum atomic E-state index is -0.468. The molecule has 2 heterocycles. The fraction of sp³-hybridized carbons (Fsp3) is 0.435. The highest BCUT2D eigenvalue weighted by molar-refractivity contribution is 5.93. The first-order chi connectivity index (χ1) is 16.4. The first-order valence-corrected chi connectivity index (χ1v) is 11.1. The molecule has 1 aromatic carbocycles.